The van der Waals surface area contributed by atoms with E-state index in [4.69, 9.17) is 0 Å². The minimum atomic E-state index is -0.136. The monoisotopic (exact) mass is 268 g/mol. The van der Waals surface area contributed by atoms with Gasteiger partial charge in [-0.25, -0.2) is 9.97 Å². The van der Waals surface area contributed by atoms with Crippen LogP contribution < -0.4 is 5.56 Å². The van der Waals surface area contributed by atoms with E-state index in [0.717, 1.165) is 17.8 Å². The zero-order chi connectivity index (χ0) is 14.1. The fraction of sp³-hybridized carbons (Fsp3) is 0.267. The zero-order valence-electron chi connectivity index (χ0n) is 11.5. The minimum Gasteiger partial charge on any atom is -0.306 e. The van der Waals surface area contributed by atoms with Crippen LogP contribution in [0.2, 0.25) is 0 Å². The molecule has 0 unspecified atom stereocenters. The van der Waals surface area contributed by atoms with Gasteiger partial charge in [0, 0.05) is 24.2 Å². The zero-order valence-corrected chi connectivity index (χ0v) is 11.5. The second-order valence-corrected chi connectivity index (χ2v) is 5.28. The van der Waals surface area contributed by atoms with Crippen molar-refractivity contribution in [1.29, 1.82) is 0 Å². The van der Waals surface area contributed by atoms with Crippen LogP contribution >= 0.6 is 0 Å². The largest absolute Gasteiger partial charge is 0.306 e. The summed E-state index contributed by atoms with van der Waals surface area (Å²) in [6.45, 7) is 4.21. The molecule has 102 valence electrons. The number of rotatable bonds is 3. The molecule has 0 spiro atoms. The number of hydrogen-bond donors (Lipinski definition) is 1. The minimum absolute atomic E-state index is 0.136. The predicted octanol–water partition coefficient (Wildman–Crippen LogP) is 2.28. The maximum Gasteiger partial charge on any atom is 0.251 e. The molecule has 0 aliphatic rings. The molecule has 0 aliphatic heterocycles. The summed E-state index contributed by atoms with van der Waals surface area (Å²) in [5.74, 6) is 0.982. The van der Waals surface area contributed by atoms with Gasteiger partial charge >= 0.3 is 0 Å². The van der Waals surface area contributed by atoms with Crippen LogP contribution in [-0.4, -0.2) is 19.4 Å². The molecule has 20 heavy (non-hydrogen) atoms. The molecule has 0 amide bonds. The lowest BCUT2D eigenvalue weighted by Gasteiger charge is -2.04. The molecule has 0 fully saturated rings. The number of H-pyrrole nitrogens is 1. The molecule has 0 saturated heterocycles. The summed E-state index contributed by atoms with van der Waals surface area (Å²) >= 11 is 0. The van der Waals surface area contributed by atoms with E-state index in [1.807, 2.05) is 35.0 Å². The van der Waals surface area contributed by atoms with Gasteiger partial charge in [-0.2, -0.15) is 0 Å². The maximum absolute atomic E-state index is 11.8. The van der Waals surface area contributed by atoms with Crippen molar-refractivity contribution in [2.75, 3.05) is 0 Å². The summed E-state index contributed by atoms with van der Waals surface area (Å²) in [6, 6.07) is 7.33. The van der Waals surface area contributed by atoms with Crippen molar-refractivity contribution in [1.82, 2.24) is 19.4 Å². The van der Waals surface area contributed by atoms with Gasteiger partial charge in [0.15, 0.2) is 5.82 Å². The summed E-state index contributed by atoms with van der Waals surface area (Å²) in [5, 5.41) is 0. The summed E-state index contributed by atoms with van der Waals surface area (Å²) < 4.78 is 1.91. The molecule has 3 rings (SSSR count). The highest BCUT2D eigenvalue weighted by Gasteiger charge is 2.09. The van der Waals surface area contributed by atoms with E-state index in [1.165, 1.54) is 0 Å². The Kier molecular flexibility index (Phi) is 3.10. The smallest absolute Gasteiger partial charge is 0.251 e. The Morgan fingerprint density at radius 1 is 1.30 bits per heavy atom. The van der Waals surface area contributed by atoms with E-state index >= 15 is 0 Å². The van der Waals surface area contributed by atoms with Crippen LogP contribution in [0.5, 0.6) is 0 Å². The number of pyridine rings is 1. The lowest BCUT2D eigenvalue weighted by atomic mass is 10.1. The molecule has 0 aromatic carbocycles. The van der Waals surface area contributed by atoms with E-state index in [-0.39, 0.29) is 5.56 Å². The Balaban J connectivity index is 2.08. The van der Waals surface area contributed by atoms with E-state index in [0.29, 0.717) is 17.4 Å². The number of aromatic amines is 1. The molecule has 3 aromatic rings. The average Bonchev–Trinajstić information content (AvgIpc) is 2.80. The first kappa shape index (κ1) is 12.6. The van der Waals surface area contributed by atoms with Crippen molar-refractivity contribution in [3.05, 3.63) is 52.7 Å². The van der Waals surface area contributed by atoms with E-state index < -0.39 is 0 Å². The van der Waals surface area contributed by atoms with E-state index in [1.54, 1.807) is 6.07 Å². The average molecular weight is 268 g/mol. The molecule has 0 bridgehead atoms. The van der Waals surface area contributed by atoms with Gasteiger partial charge < -0.3 is 9.38 Å². The van der Waals surface area contributed by atoms with Crippen LogP contribution in [0.3, 0.4) is 0 Å². The molecule has 3 aromatic heterocycles. The Labute approximate surface area is 116 Å². The molecule has 5 nitrogen and oxygen atoms in total. The first-order valence-corrected chi connectivity index (χ1v) is 6.66. The third-order valence-corrected chi connectivity index (χ3v) is 3.02. The molecule has 0 radical (unpaired) electrons. The summed E-state index contributed by atoms with van der Waals surface area (Å²) in [6.07, 6.45) is 4.57. The second kappa shape index (κ2) is 4.92. The molecule has 0 saturated carbocycles. The molecular formula is C15H16N4O. The van der Waals surface area contributed by atoms with Crippen LogP contribution in [0.15, 0.2) is 41.5 Å². The Bertz CT molecular complexity index is 768. The first-order valence-electron chi connectivity index (χ1n) is 6.66. The van der Waals surface area contributed by atoms with Crippen molar-refractivity contribution in [2.24, 2.45) is 5.92 Å². The van der Waals surface area contributed by atoms with Crippen molar-refractivity contribution < 1.29 is 0 Å². The molecule has 0 atom stereocenters. The van der Waals surface area contributed by atoms with Gasteiger partial charge in [-0.3, -0.25) is 4.79 Å². The summed E-state index contributed by atoms with van der Waals surface area (Å²) in [5.41, 5.74) is 2.18. The number of hydrogen-bond acceptors (Lipinski definition) is 3. The van der Waals surface area contributed by atoms with Gasteiger partial charge in [0.05, 0.1) is 0 Å². The first-order chi connectivity index (χ1) is 9.61. The standard InChI is InChI=1S/C15H16N4O/c1-10(2)7-11-8-14(20)18-15(16-11)12-9-19-6-4-3-5-13(19)17-12/h3-6,8-10H,7H2,1-2H3,(H,16,18,20). The summed E-state index contributed by atoms with van der Waals surface area (Å²) in [7, 11) is 0. The van der Waals surface area contributed by atoms with Gasteiger partial charge in [-0.1, -0.05) is 19.9 Å². The second-order valence-electron chi connectivity index (χ2n) is 5.28. The Morgan fingerprint density at radius 2 is 2.15 bits per heavy atom. The third-order valence-electron chi connectivity index (χ3n) is 3.02. The summed E-state index contributed by atoms with van der Waals surface area (Å²) in [4.78, 5) is 23.5. The van der Waals surface area contributed by atoms with Crippen molar-refractivity contribution in [2.45, 2.75) is 20.3 Å². The number of imidazole rings is 1. The molecule has 0 aliphatic carbocycles. The third kappa shape index (κ3) is 2.47. The van der Waals surface area contributed by atoms with Gasteiger partial charge in [0.25, 0.3) is 5.56 Å². The van der Waals surface area contributed by atoms with Crippen LogP contribution in [0.4, 0.5) is 0 Å². The lowest BCUT2D eigenvalue weighted by molar-refractivity contribution is 0.633. The molecule has 1 N–H and O–H groups in total. The van der Waals surface area contributed by atoms with Crippen LogP contribution in [0.1, 0.15) is 19.5 Å². The topological polar surface area (TPSA) is 63.0 Å². The fourth-order valence-corrected chi connectivity index (χ4v) is 2.20. The maximum atomic E-state index is 11.8. The quantitative estimate of drug-likeness (QED) is 0.792. The number of fused-ring (bicyclic) bond motifs is 1. The number of nitrogens with one attached hydrogen (secondary N) is 1. The highest BCUT2D eigenvalue weighted by atomic mass is 16.1. The van der Waals surface area contributed by atoms with Crippen LogP contribution in [-0.2, 0) is 6.42 Å². The highest BCUT2D eigenvalue weighted by molar-refractivity contribution is 5.55. The van der Waals surface area contributed by atoms with Gasteiger partial charge in [-0.15, -0.1) is 0 Å². The Hall–Kier alpha value is -2.43. The normalized spacial score (nSPS) is 11.3. The fourth-order valence-electron chi connectivity index (χ4n) is 2.20. The molecular weight excluding hydrogens is 252 g/mol. The van der Waals surface area contributed by atoms with Gasteiger partial charge in [0.2, 0.25) is 0 Å². The Morgan fingerprint density at radius 3 is 2.90 bits per heavy atom. The highest BCUT2D eigenvalue weighted by Crippen LogP contribution is 2.15. The van der Waals surface area contributed by atoms with Gasteiger partial charge in [-0.05, 0) is 24.5 Å². The van der Waals surface area contributed by atoms with Crippen LogP contribution in [0, 0.1) is 5.92 Å². The van der Waals surface area contributed by atoms with Crippen molar-refractivity contribution in [3.63, 3.8) is 0 Å². The SMILES string of the molecule is CC(C)Cc1cc(=O)[nH]c(-c2cn3ccccc3n2)n1. The van der Waals surface area contributed by atoms with Crippen molar-refractivity contribution >= 4 is 5.65 Å². The van der Waals surface area contributed by atoms with E-state index in [9.17, 15) is 4.79 Å². The molecule has 3 heterocycles. The molecule has 5 heteroatoms. The predicted molar refractivity (Wildman–Crippen MR) is 77.6 cm³/mol. The number of nitrogens with zero attached hydrogens (tertiary/aromatic N) is 3. The number of aromatic nitrogens is 4. The van der Waals surface area contributed by atoms with E-state index in [2.05, 4.69) is 28.8 Å². The van der Waals surface area contributed by atoms with Gasteiger partial charge in [0.1, 0.15) is 11.3 Å². The lowest BCUT2D eigenvalue weighted by Crippen LogP contribution is -2.11. The van der Waals surface area contributed by atoms with Crippen LogP contribution in [0.25, 0.3) is 17.2 Å². The van der Waals surface area contributed by atoms with Crippen molar-refractivity contribution in [3.8, 4) is 11.5 Å².